The van der Waals surface area contributed by atoms with Crippen LogP contribution in [0.3, 0.4) is 0 Å². The first kappa shape index (κ1) is 48.1. The molecule has 0 aliphatic rings. The highest BCUT2D eigenvalue weighted by Gasteiger charge is 2.45. The second kappa shape index (κ2) is 26.5. The molecule has 2 nitrogen and oxygen atoms in total. The summed E-state index contributed by atoms with van der Waals surface area (Å²) < 4.78 is 36.2. The molecule has 0 aliphatic heterocycles. The molecule has 316 valence electrons. The summed E-state index contributed by atoms with van der Waals surface area (Å²) in [5, 5.41) is 8.61. The van der Waals surface area contributed by atoms with Crippen molar-refractivity contribution in [2.75, 3.05) is 26.6 Å². The van der Waals surface area contributed by atoms with Crippen molar-refractivity contribution in [1.29, 1.82) is 0 Å². The van der Waals surface area contributed by atoms with Gasteiger partial charge in [0.1, 0.15) is 61.2 Å². The van der Waals surface area contributed by atoms with E-state index >= 15 is 0 Å². The molecule has 8 aromatic carbocycles. The normalized spacial score (nSPS) is 10.6. The summed E-state index contributed by atoms with van der Waals surface area (Å²) in [6.07, 6.45) is 0.911. The summed E-state index contributed by atoms with van der Waals surface area (Å²) in [5.41, 5.74) is 2.63. The van der Waals surface area contributed by atoms with E-state index in [1.807, 2.05) is 60.7 Å². The lowest BCUT2D eigenvalue weighted by Crippen LogP contribution is -2.32. The van der Waals surface area contributed by atoms with Gasteiger partial charge in [0.2, 0.25) is 0 Å². The monoisotopic (exact) mass is 989 g/mol. The number of hydrogen-bond acceptors (Lipinski definition) is 2. The number of benzene rings is 8. The third-order valence-corrected chi connectivity index (χ3v) is 17.1. The molecule has 0 saturated carbocycles. The van der Waals surface area contributed by atoms with Crippen LogP contribution < -0.4 is 41.3 Å². The number of halogens is 4. The molecule has 0 amide bonds. The zero-order valence-corrected chi connectivity index (χ0v) is 39.5. The Bertz CT molecular complexity index is 2340. The molecule has 0 aromatic heterocycles. The summed E-state index contributed by atoms with van der Waals surface area (Å²) in [7, 11) is -2.66. The van der Waals surface area contributed by atoms with E-state index in [1.54, 1.807) is 0 Å². The maximum absolute atomic E-state index is 12.7. The molecule has 0 aliphatic carbocycles. The molecule has 0 atom stereocenters. The van der Waals surface area contributed by atoms with Crippen LogP contribution in [0, 0.1) is 0 Å². The van der Waals surface area contributed by atoms with E-state index in [9.17, 15) is 8.78 Å². The van der Waals surface area contributed by atoms with Gasteiger partial charge in [-0.25, -0.2) is 8.78 Å². The molecule has 0 saturated heterocycles. The molecule has 0 heterocycles. The van der Waals surface area contributed by atoms with Crippen molar-refractivity contribution in [3.05, 3.63) is 242 Å². The van der Waals surface area contributed by atoms with Gasteiger partial charge in [-0.3, -0.25) is 0 Å². The lowest BCUT2D eigenvalue weighted by atomic mass is 10.2. The standard InChI is InChI=1S/C27H25FOP.C20H18FOP.C7H7Br.BrH/c28-19-20-29-24-13-10-18-27(21-24)30(25-14-6-2-7-15-25,26-16-8-3-9-17-26)22-23-11-4-1-5-12-23;21-14-15-22-17-8-7-13-20(16-17)23(18-9-3-1-4-10-18)19-11-5-2-6-12-19;8-6-7-4-2-1-3-5-7;/h1-18,21H,19-20,22H2;1-13,16H,14-15H2;1-5H,6H2;1H/q+1;;;. The SMILES string of the molecule is Br.BrCc1ccccc1.FCCOc1cccc(P(c2ccccc2)c2ccccc2)c1.FCCOc1cccc([P+](Cc2ccccc2)(c2ccccc2)c2ccccc2)c1. The zero-order chi connectivity index (χ0) is 42.4. The molecule has 62 heavy (non-hydrogen) atoms. The highest BCUT2D eigenvalue weighted by atomic mass is 79.9. The molecule has 0 unspecified atom stereocenters. The number of ether oxygens (including phenoxy) is 2. The molecule has 0 fully saturated rings. The predicted octanol–water partition coefficient (Wildman–Crippen LogP) is 12.5. The van der Waals surface area contributed by atoms with Gasteiger partial charge in [0, 0.05) is 11.4 Å². The summed E-state index contributed by atoms with van der Waals surface area (Å²) in [5.74, 6) is 1.44. The van der Waals surface area contributed by atoms with Crippen LogP contribution in [0.5, 0.6) is 11.5 Å². The van der Waals surface area contributed by atoms with E-state index in [0.717, 1.165) is 23.0 Å². The minimum Gasteiger partial charge on any atom is -0.491 e. The smallest absolute Gasteiger partial charge is 0.123 e. The van der Waals surface area contributed by atoms with Crippen LogP contribution in [-0.2, 0) is 11.5 Å². The van der Waals surface area contributed by atoms with Crippen LogP contribution in [0.25, 0.3) is 0 Å². The van der Waals surface area contributed by atoms with Crippen LogP contribution >= 0.6 is 48.1 Å². The van der Waals surface area contributed by atoms with E-state index in [0.29, 0.717) is 0 Å². The summed E-state index contributed by atoms with van der Waals surface area (Å²) in [6.45, 7) is -0.801. The molecular formula is C54H51Br2F2O2P2+. The van der Waals surface area contributed by atoms with Crippen molar-refractivity contribution >= 4 is 79.9 Å². The average molecular weight is 992 g/mol. The van der Waals surface area contributed by atoms with Gasteiger partial charge in [0.05, 0.1) is 6.16 Å². The topological polar surface area (TPSA) is 18.5 Å². The first-order valence-corrected chi connectivity index (χ1v) is 24.7. The van der Waals surface area contributed by atoms with E-state index in [1.165, 1.54) is 43.0 Å². The Kier molecular flexibility index (Phi) is 20.5. The van der Waals surface area contributed by atoms with Crippen LogP contribution in [0.2, 0.25) is 0 Å². The summed E-state index contributed by atoms with van der Waals surface area (Å²) in [6, 6.07) is 79.6. The second-order valence-electron chi connectivity index (χ2n) is 13.8. The Morgan fingerprint density at radius 2 is 0.774 bits per heavy atom. The first-order chi connectivity index (χ1) is 30.1. The molecule has 8 aromatic rings. The van der Waals surface area contributed by atoms with Crippen molar-refractivity contribution < 1.29 is 18.3 Å². The number of hydrogen-bond donors (Lipinski definition) is 0. The minimum atomic E-state index is -2.01. The summed E-state index contributed by atoms with van der Waals surface area (Å²) >= 11 is 3.36. The maximum atomic E-state index is 12.7. The Hall–Kier alpha value is -4.96. The quantitative estimate of drug-likeness (QED) is 0.0753. The van der Waals surface area contributed by atoms with Gasteiger partial charge in [-0.1, -0.05) is 192 Å². The van der Waals surface area contributed by atoms with Crippen molar-refractivity contribution in [3.63, 3.8) is 0 Å². The Labute approximate surface area is 387 Å². The molecule has 8 rings (SSSR count). The van der Waals surface area contributed by atoms with E-state index in [4.69, 9.17) is 9.47 Å². The summed E-state index contributed by atoms with van der Waals surface area (Å²) in [4.78, 5) is 0. The fourth-order valence-electron chi connectivity index (χ4n) is 6.95. The molecule has 0 radical (unpaired) electrons. The van der Waals surface area contributed by atoms with Gasteiger partial charge in [-0.05, 0) is 83.5 Å². The van der Waals surface area contributed by atoms with Crippen LogP contribution in [0.4, 0.5) is 8.78 Å². The lowest BCUT2D eigenvalue weighted by molar-refractivity contribution is 0.273. The minimum absolute atomic E-state index is 0. The fraction of sp³-hybridized carbons (Fsp3) is 0.111. The molecular weight excluding hydrogens is 940 g/mol. The zero-order valence-electron chi connectivity index (χ0n) is 34.4. The van der Waals surface area contributed by atoms with Gasteiger partial charge in [-0.15, -0.1) is 17.0 Å². The van der Waals surface area contributed by atoms with Crippen molar-refractivity contribution in [3.8, 4) is 11.5 Å². The van der Waals surface area contributed by atoms with Gasteiger partial charge in [-0.2, -0.15) is 0 Å². The van der Waals surface area contributed by atoms with E-state index in [2.05, 4.69) is 186 Å². The Balaban J connectivity index is 0.000000200. The highest BCUT2D eigenvalue weighted by molar-refractivity contribution is 9.08. The van der Waals surface area contributed by atoms with Crippen molar-refractivity contribution in [1.82, 2.24) is 0 Å². The van der Waals surface area contributed by atoms with Crippen LogP contribution in [-0.4, -0.2) is 26.6 Å². The maximum Gasteiger partial charge on any atom is 0.123 e. The molecule has 0 spiro atoms. The Morgan fingerprint density at radius 1 is 0.403 bits per heavy atom. The van der Waals surface area contributed by atoms with Gasteiger partial charge in [0.15, 0.2) is 0 Å². The van der Waals surface area contributed by atoms with Gasteiger partial charge < -0.3 is 9.47 Å². The molecule has 0 bridgehead atoms. The second-order valence-corrected chi connectivity index (χ2v) is 20.1. The fourth-order valence-corrected chi connectivity index (χ4v) is 13.9. The molecule has 0 N–H and O–H groups in total. The third-order valence-electron chi connectivity index (χ3n) is 9.71. The largest absolute Gasteiger partial charge is 0.491 e. The third kappa shape index (κ3) is 13.8. The van der Waals surface area contributed by atoms with Gasteiger partial charge in [0.25, 0.3) is 0 Å². The van der Waals surface area contributed by atoms with Crippen LogP contribution in [0.1, 0.15) is 11.1 Å². The first-order valence-electron chi connectivity index (χ1n) is 20.3. The average Bonchev–Trinajstić information content (AvgIpc) is 3.34. The van der Waals surface area contributed by atoms with Crippen molar-refractivity contribution in [2.24, 2.45) is 0 Å². The predicted molar refractivity (Wildman–Crippen MR) is 273 cm³/mol. The number of alkyl halides is 3. The van der Waals surface area contributed by atoms with E-state index in [-0.39, 0.29) is 30.2 Å². The highest BCUT2D eigenvalue weighted by Crippen LogP contribution is 2.58. The lowest BCUT2D eigenvalue weighted by Gasteiger charge is -2.28. The Morgan fingerprint density at radius 3 is 1.21 bits per heavy atom. The van der Waals surface area contributed by atoms with Crippen LogP contribution in [0.15, 0.2) is 231 Å². The van der Waals surface area contributed by atoms with Crippen molar-refractivity contribution in [2.45, 2.75) is 11.5 Å². The van der Waals surface area contributed by atoms with E-state index < -0.39 is 28.5 Å². The molecule has 8 heteroatoms. The van der Waals surface area contributed by atoms with Gasteiger partial charge >= 0.3 is 0 Å². The number of rotatable bonds is 15.